The third-order valence-corrected chi connectivity index (χ3v) is 2.94. The summed E-state index contributed by atoms with van der Waals surface area (Å²) in [5.74, 6) is 1.58. The Morgan fingerprint density at radius 1 is 1.15 bits per heavy atom. The molecule has 8 nitrogen and oxygen atoms in total. The van der Waals surface area contributed by atoms with Crippen molar-refractivity contribution in [1.82, 2.24) is 24.3 Å². The molecule has 0 aromatic carbocycles. The van der Waals surface area contributed by atoms with E-state index in [9.17, 15) is 9.59 Å². The molecule has 2 aliphatic rings. The zero-order valence-electron chi connectivity index (χ0n) is 11.1. The van der Waals surface area contributed by atoms with E-state index in [-0.39, 0.29) is 17.3 Å². The fourth-order valence-electron chi connectivity index (χ4n) is 1.86. The zero-order chi connectivity index (χ0) is 14.4. The first-order valence-electron chi connectivity index (χ1n) is 5.86. The first kappa shape index (κ1) is 12.3. The number of hydrogen-bond donors (Lipinski definition) is 0. The Hall–Kier alpha value is -2.77. The third kappa shape index (κ3) is 1.73. The molecule has 1 aromatic heterocycles. The molecule has 20 heavy (non-hydrogen) atoms. The summed E-state index contributed by atoms with van der Waals surface area (Å²) in [6, 6.07) is 3.50. The van der Waals surface area contributed by atoms with Gasteiger partial charge < -0.3 is 4.42 Å². The van der Waals surface area contributed by atoms with Crippen LogP contribution in [0.2, 0.25) is 0 Å². The molecule has 3 heterocycles. The second kappa shape index (κ2) is 4.12. The Labute approximate surface area is 112 Å². The number of rotatable bonds is 1. The second-order valence-electron chi connectivity index (χ2n) is 4.40. The minimum Gasteiger partial charge on any atom is -0.458 e. The van der Waals surface area contributed by atoms with Crippen molar-refractivity contribution >= 4 is 0 Å². The lowest BCUT2D eigenvalue weighted by molar-refractivity contribution is 0.538. The maximum absolute atomic E-state index is 12.1. The second-order valence-corrected chi connectivity index (χ2v) is 4.40. The molecule has 3 rings (SSSR count). The van der Waals surface area contributed by atoms with Gasteiger partial charge in [-0.3, -0.25) is 9.36 Å². The minimum absolute atomic E-state index is 0.0775. The Morgan fingerprint density at radius 2 is 1.90 bits per heavy atom. The average Bonchev–Trinajstić information content (AvgIpc) is 2.84. The van der Waals surface area contributed by atoms with Crippen molar-refractivity contribution < 1.29 is 4.42 Å². The molecule has 0 radical (unpaired) electrons. The number of nitrogens with zero attached hydrogens (tertiary/aromatic N) is 5. The van der Waals surface area contributed by atoms with Crippen molar-refractivity contribution in [2.45, 2.75) is 6.92 Å². The number of hydrogen-bond acceptors (Lipinski definition) is 6. The van der Waals surface area contributed by atoms with Crippen LogP contribution in [0, 0.1) is 6.92 Å². The summed E-state index contributed by atoms with van der Waals surface area (Å²) in [6.07, 6.45) is 0. The van der Waals surface area contributed by atoms with Gasteiger partial charge >= 0.3 is 5.69 Å². The van der Waals surface area contributed by atoms with Crippen LogP contribution in [-0.4, -0.2) is 24.3 Å². The van der Waals surface area contributed by atoms with Crippen molar-refractivity contribution in [3.05, 3.63) is 38.7 Å². The molecule has 102 valence electrons. The first-order chi connectivity index (χ1) is 9.47. The van der Waals surface area contributed by atoms with E-state index in [2.05, 4.69) is 15.1 Å². The van der Waals surface area contributed by atoms with Gasteiger partial charge in [0.2, 0.25) is 5.82 Å². The van der Waals surface area contributed by atoms with Crippen LogP contribution >= 0.6 is 0 Å². The molecule has 0 fully saturated rings. The van der Waals surface area contributed by atoms with Gasteiger partial charge in [0, 0.05) is 14.1 Å². The van der Waals surface area contributed by atoms with Gasteiger partial charge in [0.05, 0.1) is 0 Å². The third-order valence-electron chi connectivity index (χ3n) is 2.94. The number of aromatic nitrogens is 5. The van der Waals surface area contributed by atoms with Gasteiger partial charge in [-0.25, -0.2) is 14.5 Å². The van der Waals surface area contributed by atoms with Gasteiger partial charge in [0.25, 0.3) is 5.56 Å². The van der Waals surface area contributed by atoms with Crippen molar-refractivity contribution in [2.75, 3.05) is 0 Å². The molecule has 0 spiro atoms. The van der Waals surface area contributed by atoms with Gasteiger partial charge in [-0.15, -0.1) is 5.10 Å². The van der Waals surface area contributed by atoms with E-state index in [4.69, 9.17) is 4.42 Å². The van der Waals surface area contributed by atoms with Crippen LogP contribution in [0.15, 0.2) is 26.1 Å². The molecule has 0 unspecified atom stereocenters. The molecule has 8 heteroatoms. The van der Waals surface area contributed by atoms with Gasteiger partial charge in [-0.2, -0.15) is 4.98 Å². The van der Waals surface area contributed by atoms with Crippen LogP contribution in [0.4, 0.5) is 0 Å². The molecule has 0 saturated heterocycles. The van der Waals surface area contributed by atoms with Crippen LogP contribution in [0.3, 0.4) is 0 Å². The lowest BCUT2D eigenvalue weighted by atomic mass is 10.3. The number of aryl methyl sites for hydroxylation is 2. The van der Waals surface area contributed by atoms with E-state index in [1.54, 1.807) is 26.1 Å². The van der Waals surface area contributed by atoms with Gasteiger partial charge in [0.15, 0.2) is 17.3 Å². The molecular weight excluding hydrogens is 262 g/mol. The highest BCUT2D eigenvalue weighted by atomic mass is 16.3. The van der Waals surface area contributed by atoms with Crippen LogP contribution in [0.1, 0.15) is 5.76 Å². The van der Waals surface area contributed by atoms with Gasteiger partial charge in [-0.1, -0.05) is 0 Å². The zero-order valence-corrected chi connectivity index (χ0v) is 11.1. The minimum atomic E-state index is -0.636. The molecule has 0 aliphatic carbocycles. The summed E-state index contributed by atoms with van der Waals surface area (Å²) < 4.78 is 7.69. The predicted octanol–water partition coefficient (Wildman–Crippen LogP) is -0.0578. The summed E-state index contributed by atoms with van der Waals surface area (Å²) in [5.41, 5.74) is -1.07. The Balaban J connectivity index is 2.37. The standard InChI is InChI=1S/C12H11N5O3/c1-6-4-5-7(20-6)9-13-8-10(17(3)15-9)14-12(19)16(2)11(8)18/h4-5H,1-3H3. The van der Waals surface area contributed by atoms with Gasteiger partial charge in [-0.05, 0) is 19.1 Å². The fraction of sp³-hybridized carbons (Fsp3) is 0.250. The SMILES string of the molecule is Cc1ccc(-c2nc3c(=O)n(C)c(=O)nc-3n(C)n2)o1. The molecule has 1 aromatic rings. The summed E-state index contributed by atoms with van der Waals surface area (Å²) >= 11 is 0. The summed E-state index contributed by atoms with van der Waals surface area (Å²) in [7, 11) is 2.95. The van der Waals surface area contributed by atoms with Crippen molar-refractivity contribution in [3.63, 3.8) is 0 Å². The van der Waals surface area contributed by atoms with Crippen molar-refractivity contribution in [1.29, 1.82) is 0 Å². The highest BCUT2D eigenvalue weighted by Crippen LogP contribution is 2.20. The molecule has 0 saturated carbocycles. The van der Waals surface area contributed by atoms with E-state index in [1.165, 1.54) is 11.7 Å². The Morgan fingerprint density at radius 3 is 2.55 bits per heavy atom. The maximum atomic E-state index is 12.1. The normalized spacial score (nSPS) is 11.2. The summed E-state index contributed by atoms with van der Waals surface area (Å²) in [6.45, 7) is 1.80. The topological polar surface area (TPSA) is 95.8 Å². The predicted molar refractivity (Wildman–Crippen MR) is 69.4 cm³/mol. The van der Waals surface area contributed by atoms with Gasteiger partial charge in [0.1, 0.15) is 5.76 Å². The highest BCUT2D eigenvalue weighted by Gasteiger charge is 2.20. The highest BCUT2D eigenvalue weighted by molar-refractivity contribution is 5.55. The van der Waals surface area contributed by atoms with Crippen LogP contribution in [-0.2, 0) is 14.1 Å². The molecule has 0 N–H and O–H groups in total. The fourth-order valence-corrected chi connectivity index (χ4v) is 1.86. The molecule has 0 bridgehead atoms. The van der Waals surface area contributed by atoms with E-state index in [0.29, 0.717) is 11.5 Å². The molecule has 0 atom stereocenters. The maximum Gasteiger partial charge on any atom is 0.352 e. The average molecular weight is 273 g/mol. The molecular formula is C12H11N5O3. The van der Waals surface area contributed by atoms with E-state index < -0.39 is 11.2 Å². The van der Waals surface area contributed by atoms with Crippen LogP contribution in [0.25, 0.3) is 23.1 Å². The Bertz CT molecular complexity index is 889. The monoisotopic (exact) mass is 273 g/mol. The van der Waals surface area contributed by atoms with Crippen LogP contribution < -0.4 is 11.2 Å². The lowest BCUT2D eigenvalue weighted by Gasteiger charge is -2.09. The molecule has 2 aliphatic heterocycles. The van der Waals surface area contributed by atoms with Crippen molar-refractivity contribution in [3.8, 4) is 23.1 Å². The molecule has 0 amide bonds. The van der Waals surface area contributed by atoms with Crippen LogP contribution in [0.5, 0.6) is 0 Å². The van der Waals surface area contributed by atoms with E-state index >= 15 is 0 Å². The largest absolute Gasteiger partial charge is 0.458 e. The smallest absolute Gasteiger partial charge is 0.352 e. The first-order valence-corrected chi connectivity index (χ1v) is 5.86. The Kier molecular flexibility index (Phi) is 2.53. The summed E-state index contributed by atoms with van der Waals surface area (Å²) in [4.78, 5) is 31.6. The lowest BCUT2D eigenvalue weighted by Crippen LogP contribution is -2.36. The quantitative estimate of drug-likeness (QED) is 0.616. The number of fused-ring (bicyclic) bond motifs is 1. The van der Waals surface area contributed by atoms with Crippen molar-refractivity contribution in [2.24, 2.45) is 14.1 Å². The summed E-state index contributed by atoms with van der Waals surface area (Å²) in [5, 5.41) is 4.16. The number of furan rings is 1. The van der Waals surface area contributed by atoms with E-state index in [1.807, 2.05) is 0 Å². The van der Waals surface area contributed by atoms with E-state index in [0.717, 1.165) is 4.57 Å².